The van der Waals surface area contributed by atoms with Crippen molar-refractivity contribution in [2.75, 3.05) is 11.5 Å². The van der Waals surface area contributed by atoms with Crippen LogP contribution in [0.25, 0.3) is 10.2 Å². The molecule has 0 aliphatic heterocycles. The lowest BCUT2D eigenvalue weighted by Crippen LogP contribution is -2.34. The van der Waals surface area contributed by atoms with Gasteiger partial charge in [-0.1, -0.05) is 41.7 Å². The van der Waals surface area contributed by atoms with Crippen LogP contribution in [0.3, 0.4) is 0 Å². The van der Waals surface area contributed by atoms with Gasteiger partial charge in [0, 0.05) is 6.20 Å². The number of carbonyl (C=O) groups is 1. The number of hydrogen-bond acceptors (Lipinski definition) is 5. The highest BCUT2D eigenvalue weighted by molar-refractivity contribution is 7.22. The topological polar surface area (TPSA) is 55.3 Å². The van der Waals surface area contributed by atoms with Gasteiger partial charge in [-0.25, -0.2) is 4.98 Å². The summed E-state index contributed by atoms with van der Waals surface area (Å²) in [6.45, 7) is 4.40. The molecule has 0 spiro atoms. The molecule has 146 valence electrons. The lowest BCUT2D eigenvalue weighted by molar-refractivity contribution is -0.120. The summed E-state index contributed by atoms with van der Waals surface area (Å²) in [6, 6.07) is 19.2. The highest BCUT2D eigenvalue weighted by Crippen LogP contribution is 2.32. The molecular weight excluding hydrogens is 382 g/mol. The molecule has 2 aromatic heterocycles. The van der Waals surface area contributed by atoms with Crippen LogP contribution in [0.4, 0.5) is 5.13 Å². The minimum Gasteiger partial charge on any atom is -0.484 e. The van der Waals surface area contributed by atoms with Crippen molar-refractivity contribution in [1.82, 2.24) is 9.97 Å². The number of rotatable bonds is 6. The van der Waals surface area contributed by atoms with E-state index in [1.807, 2.05) is 54.6 Å². The van der Waals surface area contributed by atoms with Gasteiger partial charge in [0.15, 0.2) is 11.7 Å². The van der Waals surface area contributed by atoms with E-state index >= 15 is 0 Å². The zero-order chi connectivity index (χ0) is 20.2. The zero-order valence-electron chi connectivity index (χ0n) is 16.3. The Labute approximate surface area is 173 Å². The second-order valence-electron chi connectivity index (χ2n) is 6.83. The molecule has 0 aliphatic carbocycles. The second kappa shape index (κ2) is 8.41. The lowest BCUT2D eigenvalue weighted by atomic mass is 10.1. The Bertz CT molecular complexity index is 1130. The van der Waals surface area contributed by atoms with Crippen LogP contribution in [0.15, 0.2) is 66.9 Å². The fraction of sp³-hybridized carbons (Fsp3) is 0.174. The number of para-hydroxylation sites is 1. The monoisotopic (exact) mass is 403 g/mol. The first-order valence-corrected chi connectivity index (χ1v) is 10.2. The number of hydrogen-bond donors (Lipinski definition) is 0. The van der Waals surface area contributed by atoms with E-state index in [4.69, 9.17) is 9.72 Å². The number of carbonyl (C=O) groups excluding carboxylic acids is 1. The predicted molar refractivity (Wildman–Crippen MR) is 116 cm³/mol. The molecule has 0 bridgehead atoms. The number of pyridine rings is 1. The van der Waals surface area contributed by atoms with Gasteiger partial charge in [-0.2, -0.15) is 0 Å². The molecule has 0 N–H and O–H groups in total. The average Bonchev–Trinajstić information content (AvgIpc) is 3.16. The van der Waals surface area contributed by atoms with Crippen LogP contribution in [-0.2, 0) is 11.3 Å². The number of fused-ring (bicyclic) bond motifs is 1. The van der Waals surface area contributed by atoms with Gasteiger partial charge in [0.2, 0.25) is 0 Å². The molecule has 5 nitrogen and oxygen atoms in total. The van der Waals surface area contributed by atoms with E-state index in [1.54, 1.807) is 11.1 Å². The van der Waals surface area contributed by atoms with Crippen molar-refractivity contribution < 1.29 is 9.53 Å². The summed E-state index contributed by atoms with van der Waals surface area (Å²) in [4.78, 5) is 23.9. The number of thiazole rings is 1. The summed E-state index contributed by atoms with van der Waals surface area (Å²) in [5.41, 5.74) is 4.02. The molecular formula is C23H21N3O2S. The maximum atomic E-state index is 13.1. The summed E-state index contributed by atoms with van der Waals surface area (Å²) in [7, 11) is 0. The summed E-state index contributed by atoms with van der Waals surface area (Å²) in [5, 5.41) is 0.654. The van der Waals surface area contributed by atoms with Crippen LogP contribution < -0.4 is 9.64 Å². The number of ether oxygens (including phenoxy) is 1. The number of aryl methyl sites for hydroxylation is 2. The molecule has 4 rings (SSSR count). The molecule has 6 heteroatoms. The quantitative estimate of drug-likeness (QED) is 0.458. The minimum absolute atomic E-state index is 0.0647. The first-order chi connectivity index (χ1) is 14.1. The second-order valence-corrected chi connectivity index (χ2v) is 7.81. The molecule has 2 aromatic carbocycles. The fourth-order valence-corrected chi connectivity index (χ4v) is 4.17. The van der Waals surface area contributed by atoms with Crippen LogP contribution in [0.2, 0.25) is 0 Å². The first-order valence-electron chi connectivity index (χ1n) is 9.36. The van der Waals surface area contributed by atoms with Gasteiger partial charge in [0.1, 0.15) is 5.75 Å². The molecule has 0 fully saturated rings. The molecule has 0 radical (unpaired) electrons. The number of amides is 1. The van der Waals surface area contributed by atoms with Crippen molar-refractivity contribution in [2.24, 2.45) is 0 Å². The highest BCUT2D eigenvalue weighted by Gasteiger charge is 2.22. The van der Waals surface area contributed by atoms with E-state index in [0.717, 1.165) is 27.0 Å². The predicted octanol–water partition coefficient (Wildman–Crippen LogP) is 4.92. The van der Waals surface area contributed by atoms with Crippen molar-refractivity contribution in [3.05, 3.63) is 83.7 Å². The fourth-order valence-electron chi connectivity index (χ4n) is 3.14. The van der Waals surface area contributed by atoms with Crippen LogP contribution in [0, 0.1) is 13.8 Å². The van der Waals surface area contributed by atoms with Crippen molar-refractivity contribution >= 4 is 32.6 Å². The minimum atomic E-state index is -0.159. The third-order valence-electron chi connectivity index (χ3n) is 4.49. The summed E-state index contributed by atoms with van der Waals surface area (Å²) in [5.74, 6) is 0.502. The van der Waals surface area contributed by atoms with Gasteiger partial charge in [-0.05, 0) is 55.3 Å². The van der Waals surface area contributed by atoms with E-state index in [0.29, 0.717) is 17.4 Å². The van der Waals surface area contributed by atoms with Crippen molar-refractivity contribution in [1.29, 1.82) is 0 Å². The van der Waals surface area contributed by atoms with E-state index < -0.39 is 0 Å². The normalized spacial score (nSPS) is 10.8. The van der Waals surface area contributed by atoms with Gasteiger partial charge < -0.3 is 4.74 Å². The Kier molecular flexibility index (Phi) is 5.53. The smallest absolute Gasteiger partial charge is 0.267 e. The Hall–Kier alpha value is -3.25. The van der Waals surface area contributed by atoms with Gasteiger partial charge in [-0.3, -0.25) is 14.7 Å². The first kappa shape index (κ1) is 19.1. The molecule has 0 saturated carbocycles. The summed E-state index contributed by atoms with van der Waals surface area (Å²) < 4.78 is 6.78. The SMILES string of the molecule is Cc1cc(C)c2sc(N(Cc3ccccn3)C(=O)COc3ccccc3)nc2c1. The number of aromatic nitrogens is 2. The molecule has 0 aliphatic rings. The Morgan fingerprint density at radius 1 is 1.07 bits per heavy atom. The van der Waals surface area contributed by atoms with Crippen molar-refractivity contribution in [2.45, 2.75) is 20.4 Å². The van der Waals surface area contributed by atoms with Crippen LogP contribution >= 0.6 is 11.3 Å². The van der Waals surface area contributed by atoms with E-state index in [2.05, 4.69) is 24.9 Å². The lowest BCUT2D eigenvalue weighted by Gasteiger charge is -2.19. The largest absolute Gasteiger partial charge is 0.484 e. The molecule has 0 unspecified atom stereocenters. The van der Waals surface area contributed by atoms with Crippen LogP contribution in [0.5, 0.6) is 5.75 Å². The van der Waals surface area contributed by atoms with Crippen molar-refractivity contribution in [3.8, 4) is 5.75 Å². The number of nitrogens with zero attached hydrogens (tertiary/aromatic N) is 3. The Morgan fingerprint density at radius 3 is 2.62 bits per heavy atom. The van der Waals surface area contributed by atoms with Crippen molar-refractivity contribution in [3.63, 3.8) is 0 Å². The number of benzene rings is 2. The maximum absolute atomic E-state index is 13.1. The van der Waals surface area contributed by atoms with E-state index in [-0.39, 0.29) is 12.5 Å². The molecule has 2 heterocycles. The summed E-state index contributed by atoms with van der Waals surface area (Å²) in [6.07, 6.45) is 1.73. The van der Waals surface area contributed by atoms with Gasteiger partial charge >= 0.3 is 0 Å². The molecule has 29 heavy (non-hydrogen) atoms. The highest BCUT2D eigenvalue weighted by atomic mass is 32.1. The average molecular weight is 404 g/mol. The van der Waals surface area contributed by atoms with E-state index in [1.165, 1.54) is 11.3 Å². The van der Waals surface area contributed by atoms with Crippen LogP contribution in [0.1, 0.15) is 16.8 Å². The standard InChI is InChI=1S/C23H21N3O2S/c1-16-12-17(2)22-20(13-16)25-23(29-22)26(14-18-8-6-7-11-24-18)21(27)15-28-19-9-4-3-5-10-19/h3-13H,14-15H2,1-2H3. The molecule has 4 aromatic rings. The van der Waals surface area contributed by atoms with Gasteiger partial charge in [0.25, 0.3) is 5.91 Å². The Balaban J connectivity index is 1.64. The third-order valence-corrected chi connectivity index (χ3v) is 5.72. The molecule has 0 atom stereocenters. The van der Waals surface area contributed by atoms with E-state index in [9.17, 15) is 4.79 Å². The molecule has 0 saturated heterocycles. The third kappa shape index (κ3) is 4.43. The van der Waals surface area contributed by atoms with Gasteiger partial charge in [-0.15, -0.1) is 0 Å². The summed E-state index contributed by atoms with van der Waals surface area (Å²) >= 11 is 1.52. The molecule has 1 amide bonds. The maximum Gasteiger partial charge on any atom is 0.267 e. The number of anilines is 1. The van der Waals surface area contributed by atoms with Gasteiger partial charge in [0.05, 0.1) is 22.5 Å². The zero-order valence-corrected chi connectivity index (χ0v) is 17.1. The van der Waals surface area contributed by atoms with Crippen LogP contribution in [-0.4, -0.2) is 22.5 Å². The Morgan fingerprint density at radius 2 is 1.86 bits per heavy atom.